The zero-order chi connectivity index (χ0) is 52.2. The Labute approximate surface area is 417 Å². The first-order valence-corrected chi connectivity index (χ1v) is 25.4. The smallest absolute Gasteiger partial charge is 0.332 e. The topological polar surface area (TPSA) is 235 Å². The highest BCUT2D eigenvalue weighted by Gasteiger charge is 2.38. The molecule has 0 radical (unpaired) electrons. The van der Waals surface area contributed by atoms with Gasteiger partial charge >= 0.3 is 6.03 Å². The van der Waals surface area contributed by atoms with Gasteiger partial charge in [-0.05, 0) is 100 Å². The number of ether oxygens (including phenoxy) is 1. The Morgan fingerprint density at radius 2 is 1.25 bits per heavy atom. The second-order valence-corrected chi connectivity index (χ2v) is 21.2. The summed E-state index contributed by atoms with van der Waals surface area (Å²) in [6.07, 6.45) is 11.4. The van der Waals surface area contributed by atoms with Crippen LogP contribution in [0.2, 0.25) is 0 Å². The molecule has 2 aliphatic rings. The van der Waals surface area contributed by atoms with E-state index in [0.717, 1.165) is 17.7 Å². The lowest BCUT2D eigenvalue weighted by atomic mass is 9.94. The number of nitrogens with two attached hydrogens (primary N) is 1. The van der Waals surface area contributed by atoms with E-state index in [1.165, 1.54) is 48.8 Å². The number of hydrogen-bond donors (Lipinski definition) is 3. The van der Waals surface area contributed by atoms with Gasteiger partial charge in [-0.2, -0.15) is 0 Å². The normalized spacial score (nSPS) is 13.9. The van der Waals surface area contributed by atoms with Gasteiger partial charge in [0.25, 0.3) is 17.9 Å². The van der Waals surface area contributed by atoms with Crippen LogP contribution in [0.5, 0.6) is 5.75 Å². The Morgan fingerprint density at radius 1 is 0.764 bits per heavy atom. The number of benzene rings is 2. The molecule has 0 aliphatic carbocycles. The van der Waals surface area contributed by atoms with Crippen LogP contribution in [0.3, 0.4) is 0 Å². The lowest BCUT2D eigenvalue weighted by Crippen LogP contribution is -2.58. The van der Waals surface area contributed by atoms with E-state index < -0.39 is 48.2 Å². The number of urea groups is 1. The first-order chi connectivity index (χ1) is 34.3. The summed E-state index contributed by atoms with van der Waals surface area (Å²) in [5.74, 6) is -0.494. The second kappa shape index (κ2) is 23.9. The summed E-state index contributed by atoms with van der Waals surface area (Å²) in [6.45, 7) is 24.6. The highest BCUT2D eigenvalue weighted by molar-refractivity contribution is 7.90. The molecule has 2 aromatic carbocycles. The quantitative estimate of drug-likeness (QED) is 0.0731. The lowest BCUT2D eigenvalue weighted by molar-refractivity contribution is 0.175. The number of rotatable bonds is 13. The highest BCUT2D eigenvalue weighted by atomic mass is 32.2. The summed E-state index contributed by atoms with van der Waals surface area (Å²) < 4.78 is 83.0. The van der Waals surface area contributed by atoms with E-state index in [4.69, 9.17) is 28.3 Å². The Bertz CT molecular complexity index is 3250. The van der Waals surface area contributed by atoms with Crippen LogP contribution in [0.1, 0.15) is 61.8 Å². The second-order valence-electron chi connectivity index (χ2n) is 17.4. The number of sulfonamides is 2. The van der Waals surface area contributed by atoms with E-state index in [0.29, 0.717) is 58.8 Å². The molecule has 2 amide bonds. The number of aromatic nitrogens is 4. The minimum atomic E-state index is -3.94. The van der Waals surface area contributed by atoms with Crippen molar-refractivity contribution >= 4 is 43.4 Å². The number of amides is 2. The Kier molecular flexibility index (Phi) is 17.8. The van der Waals surface area contributed by atoms with Gasteiger partial charge in [0.05, 0.1) is 5.69 Å². The molecule has 0 bridgehead atoms. The third-order valence-corrected chi connectivity index (χ3v) is 14.3. The monoisotopic (exact) mass is 1020 g/mol. The van der Waals surface area contributed by atoms with Crippen LogP contribution in [-0.2, 0) is 33.1 Å². The minimum Gasteiger partial charge on any atom is -0.387 e. The molecule has 0 unspecified atom stereocenters. The lowest BCUT2D eigenvalue weighted by Gasteiger charge is -2.38. The molecule has 2 aliphatic heterocycles. The molecule has 72 heavy (non-hydrogen) atoms. The molecule has 6 aromatic rings. The van der Waals surface area contributed by atoms with Crippen LogP contribution < -0.4 is 19.9 Å². The minimum absolute atomic E-state index is 0.00929. The Morgan fingerprint density at radius 3 is 1.71 bits per heavy atom. The third kappa shape index (κ3) is 14.2. The predicted octanol–water partition coefficient (Wildman–Crippen LogP) is 8.27. The number of nitrogens with zero attached hydrogens (tertiary/aromatic N) is 9. The van der Waals surface area contributed by atoms with Crippen molar-refractivity contribution in [3.05, 3.63) is 167 Å². The number of halogens is 2. The largest absolute Gasteiger partial charge is 0.387 e. The molecule has 18 nitrogen and oxygen atoms in total. The van der Waals surface area contributed by atoms with Gasteiger partial charge in [0, 0.05) is 80.7 Å². The fraction of sp³-hybridized carbons (Fsp3) is 0.280. The van der Waals surface area contributed by atoms with Gasteiger partial charge in [-0.15, -0.1) is 15.2 Å². The first kappa shape index (κ1) is 53.6. The van der Waals surface area contributed by atoms with E-state index in [1.807, 2.05) is 61.8 Å². The number of hydrogen-bond acceptors (Lipinski definition) is 13. The average molecular weight is 1020 g/mol. The molecule has 4 aromatic heterocycles. The zero-order valence-corrected chi connectivity index (χ0v) is 41.2. The predicted molar refractivity (Wildman–Crippen MR) is 267 cm³/mol. The number of likely N-dealkylation sites (tertiary alicyclic amines) is 2. The van der Waals surface area contributed by atoms with Crippen molar-refractivity contribution in [2.75, 3.05) is 31.5 Å². The van der Waals surface area contributed by atoms with Crippen LogP contribution >= 0.6 is 0 Å². The molecule has 8 rings (SSSR count). The number of primary sulfonamides is 1. The number of pyridine rings is 4. The average Bonchev–Trinajstić information content (AvgIpc) is 3.32. The van der Waals surface area contributed by atoms with Gasteiger partial charge in [-0.25, -0.2) is 40.3 Å². The van der Waals surface area contributed by atoms with E-state index in [9.17, 15) is 30.4 Å². The number of anilines is 1. The SMILES string of the molecule is NS(=O)(=O)C1CN(Cc2cccnc2)C1.[C-]#[N+]c1cc(-c2cc(F)cc(C(C)C)c2NC(=O)NS(=O)(=O)C2CN(Cc3cccnc3)C2)ccn1.[C-]#[N+]c1cc(-c2cc(F)cc(C(C)C)c2OC#N)ccn1. The maximum Gasteiger partial charge on any atom is 0.332 e. The fourth-order valence-electron chi connectivity index (χ4n) is 7.72. The first-order valence-electron chi connectivity index (χ1n) is 22.3. The summed E-state index contributed by atoms with van der Waals surface area (Å²) in [4.78, 5) is 39.2. The zero-order valence-electron chi connectivity index (χ0n) is 39.6. The number of nitrogens with one attached hydrogen (secondary N) is 2. The molecule has 2 saturated heterocycles. The molecular formula is C50H50F2N12O6S2. The molecule has 0 atom stereocenters. The van der Waals surface area contributed by atoms with Crippen LogP contribution in [0.4, 0.5) is 30.9 Å². The van der Waals surface area contributed by atoms with Gasteiger partial charge in [-0.1, -0.05) is 53.0 Å². The van der Waals surface area contributed by atoms with E-state index in [-0.39, 0.29) is 42.2 Å². The maximum atomic E-state index is 14.5. The summed E-state index contributed by atoms with van der Waals surface area (Å²) in [6, 6.07) is 18.1. The number of carbonyl (C=O) groups excluding carboxylic acids is 1. The number of carbonyl (C=O) groups is 1. The molecule has 2 fully saturated rings. The summed E-state index contributed by atoms with van der Waals surface area (Å²) >= 11 is 0. The Balaban J connectivity index is 0.000000197. The number of nitriles is 1. The third-order valence-electron chi connectivity index (χ3n) is 11.4. The van der Waals surface area contributed by atoms with Gasteiger partial charge in [0.2, 0.25) is 20.0 Å². The highest BCUT2D eigenvalue weighted by Crippen LogP contribution is 2.39. The molecule has 0 saturated carbocycles. The van der Waals surface area contributed by atoms with Crippen LogP contribution in [0, 0.1) is 36.3 Å². The van der Waals surface area contributed by atoms with Crippen molar-refractivity contribution in [1.29, 1.82) is 5.26 Å². The van der Waals surface area contributed by atoms with Gasteiger partial charge < -0.3 is 19.7 Å². The van der Waals surface area contributed by atoms with Crippen molar-refractivity contribution in [3.8, 4) is 34.3 Å². The van der Waals surface area contributed by atoms with E-state index >= 15 is 0 Å². The van der Waals surface area contributed by atoms with Gasteiger partial charge in [0.15, 0.2) is 5.75 Å². The van der Waals surface area contributed by atoms with Crippen molar-refractivity contribution < 1.29 is 35.1 Å². The van der Waals surface area contributed by atoms with Crippen molar-refractivity contribution in [2.45, 2.75) is 63.1 Å². The van der Waals surface area contributed by atoms with Gasteiger partial charge in [-0.3, -0.25) is 19.8 Å². The molecule has 0 spiro atoms. The molecule has 4 N–H and O–H groups in total. The van der Waals surface area contributed by atoms with Crippen molar-refractivity contribution in [2.24, 2.45) is 5.14 Å². The standard InChI is InChI=1S/C25H25FN6O3S.C16H12FN3O.C9H13N3O2S/c1-16(2)21-10-19(26)11-22(18-6-8-29-23(9-18)27-3)24(21)30-25(33)31-36(34,35)20-14-32(15-20)13-17-5-4-7-28-12-17;1-10(2)13-7-12(17)8-14(16(13)21-9-18)11-4-5-20-15(6-11)19-3;10-15(13,14)9-6-12(7-9)5-8-2-1-3-11-4-8/h4-12,16,20H,13-15H2,1-2H3,(H2,30,31,33);4-8,10H,1-2H3;1-4,9H,5-7H2,(H2,10,13,14). The van der Waals surface area contributed by atoms with Crippen LogP contribution in [-0.4, -0.2) is 89.3 Å². The summed E-state index contributed by atoms with van der Waals surface area (Å²) in [5.41, 5.74) is 5.25. The fourth-order valence-corrected chi connectivity index (χ4v) is 9.85. The molecule has 372 valence electrons. The summed E-state index contributed by atoms with van der Waals surface area (Å²) in [5, 5.41) is 15.4. The summed E-state index contributed by atoms with van der Waals surface area (Å²) in [7, 11) is -7.29. The molecule has 6 heterocycles. The Hall–Kier alpha value is -7.78. The molecule has 22 heteroatoms. The van der Waals surface area contributed by atoms with Gasteiger partial charge in [0.1, 0.15) is 34.5 Å². The maximum absolute atomic E-state index is 14.5. The van der Waals surface area contributed by atoms with Crippen LogP contribution in [0.25, 0.3) is 31.9 Å². The van der Waals surface area contributed by atoms with Crippen LogP contribution in [0.15, 0.2) is 110 Å². The van der Waals surface area contributed by atoms with Crippen molar-refractivity contribution in [3.63, 3.8) is 0 Å². The van der Waals surface area contributed by atoms with E-state index in [1.54, 1.807) is 43.2 Å². The molecular weight excluding hydrogens is 967 g/mol. The van der Waals surface area contributed by atoms with Crippen molar-refractivity contribution in [1.82, 2.24) is 34.5 Å². The van der Waals surface area contributed by atoms with E-state index in [2.05, 4.69) is 39.7 Å².